The zero-order chi connectivity index (χ0) is 27.2. The zero-order valence-corrected chi connectivity index (χ0v) is 22.0. The Labute approximate surface area is 230 Å². The number of aromatic hydroxyl groups is 2. The van der Waals surface area contributed by atoms with E-state index in [1.165, 1.54) is 17.7 Å². The summed E-state index contributed by atoms with van der Waals surface area (Å²) in [5.74, 6) is 6.07. The van der Waals surface area contributed by atoms with Crippen molar-refractivity contribution in [2.75, 3.05) is 4.90 Å². The van der Waals surface area contributed by atoms with E-state index in [2.05, 4.69) is 72.2 Å². The van der Waals surface area contributed by atoms with Crippen molar-refractivity contribution in [1.82, 2.24) is 0 Å². The van der Waals surface area contributed by atoms with Gasteiger partial charge in [0.2, 0.25) is 0 Å². The molecule has 0 aliphatic carbocycles. The Morgan fingerprint density at radius 3 is 1.77 bits per heavy atom. The summed E-state index contributed by atoms with van der Waals surface area (Å²) in [6.45, 7) is 4.11. The average Bonchev–Trinajstić information content (AvgIpc) is 2.96. The van der Waals surface area contributed by atoms with Gasteiger partial charge < -0.3 is 15.1 Å². The summed E-state index contributed by atoms with van der Waals surface area (Å²) in [5.41, 5.74) is 8.29. The molecule has 39 heavy (non-hydrogen) atoms. The summed E-state index contributed by atoms with van der Waals surface area (Å²) >= 11 is 0. The molecule has 0 atom stereocenters. The standard InChI is InChI=1S/C36H29NO2/c1-26-8-12-28(13-9-26)14-18-30-24-36(39)31(25-35(30)38)19-15-29-16-22-34(23-17-29)37(32-6-4-3-5-7-32)33-20-10-27(2)11-21-33/h3-13,15-17,19-25,38-39H,1-2H3. The maximum absolute atomic E-state index is 10.6. The number of para-hydroxylation sites is 1. The van der Waals surface area contributed by atoms with Crippen LogP contribution in [-0.4, -0.2) is 10.2 Å². The van der Waals surface area contributed by atoms with Crippen molar-refractivity contribution in [3.63, 3.8) is 0 Å². The highest BCUT2D eigenvalue weighted by Gasteiger charge is 2.12. The van der Waals surface area contributed by atoms with Crippen LogP contribution in [0.15, 0.2) is 115 Å². The van der Waals surface area contributed by atoms with Gasteiger partial charge in [-0.1, -0.05) is 89.7 Å². The maximum atomic E-state index is 10.6. The number of rotatable bonds is 5. The molecule has 0 fully saturated rings. The third-order valence-corrected chi connectivity index (χ3v) is 6.45. The smallest absolute Gasteiger partial charge is 0.132 e. The molecular weight excluding hydrogens is 478 g/mol. The monoisotopic (exact) mass is 507 g/mol. The number of nitrogens with zero attached hydrogens (tertiary/aromatic N) is 1. The summed E-state index contributed by atoms with van der Waals surface area (Å²) in [6, 6.07) is 37.9. The molecule has 5 aromatic carbocycles. The summed E-state index contributed by atoms with van der Waals surface area (Å²) in [5, 5.41) is 21.1. The van der Waals surface area contributed by atoms with Crippen LogP contribution in [0.25, 0.3) is 12.2 Å². The minimum Gasteiger partial charge on any atom is -0.507 e. The Balaban J connectivity index is 1.37. The van der Waals surface area contributed by atoms with Crippen LogP contribution >= 0.6 is 0 Å². The second kappa shape index (κ2) is 11.5. The summed E-state index contributed by atoms with van der Waals surface area (Å²) < 4.78 is 0. The molecule has 0 spiro atoms. The van der Waals surface area contributed by atoms with Crippen molar-refractivity contribution in [3.8, 4) is 23.3 Å². The Kier molecular flexibility index (Phi) is 7.48. The molecule has 5 rings (SSSR count). The molecule has 3 nitrogen and oxygen atoms in total. The van der Waals surface area contributed by atoms with E-state index >= 15 is 0 Å². The number of anilines is 3. The van der Waals surface area contributed by atoms with Gasteiger partial charge in [0.15, 0.2) is 0 Å². The van der Waals surface area contributed by atoms with Crippen LogP contribution in [0.1, 0.15) is 33.4 Å². The lowest BCUT2D eigenvalue weighted by molar-refractivity contribution is 0.458. The molecule has 0 amide bonds. The van der Waals surface area contributed by atoms with Crippen molar-refractivity contribution in [3.05, 3.63) is 149 Å². The fourth-order valence-corrected chi connectivity index (χ4v) is 4.24. The van der Waals surface area contributed by atoms with E-state index in [0.29, 0.717) is 11.1 Å². The molecule has 0 aliphatic rings. The van der Waals surface area contributed by atoms with Gasteiger partial charge in [-0.25, -0.2) is 0 Å². The first-order chi connectivity index (χ1) is 19.0. The SMILES string of the molecule is Cc1ccc(C#Cc2cc(O)c(C=Cc3ccc(N(c4ccccc4)c4ccc(C)cc4)cc3)cc2O)cc1. The molecule has 2 N–H and O–H groups in total. The predicted octanol–water partition coefficient (Wildman–Crippen LogP) is 8.75. The number of hydrogen-bond acceptors (Lipinski definition) is 3. The van der Waals surface area contributed by atoms with Crippen molar-refractivity contribution in [2.45, 2.75) is 13.8 Å². The van der Waals surface area contributed by atoms with Gasteiger partial charge in [0.1, 0.15) is 11.5 Å². The molecule has 5 aromatic rings. The molecule has 0 radical (unpaired) electrons. The molecule has 0 saturated carbocycles. The molecular formula is C36H29NO2. The summed E-state index contributed by atoms with van der Waals surface area (Å²) in [4.78, 5) is 2.22. The van der Waals surface area contributed by atoms with Crippen LogP contribution in [0, 0.1) is 25.7 Å². The van der Waals surface area contributed by atoms with Crippen LogP contribution in [0.5, 0.6) is 11.5 Å². The third-order valence-electron chi connectivity index (χ3n) is 6.45. The van der Waals surface area contributed by atoms with Crippen molar-refractivity contribution in [1.29, 1.82) is 0 Å². The van der Waals surface area contributed by atoms with Gasteiger partial charge in [-0.05, 0) is 80.1 Å². The number of phenolic OH excluding ortho intramolecular Hbond substituents is 2. The van der Waals surface area contributed by atoms with Gasteiger partial charge in [0.25, 0.3) is 0 Å². The Bertz CT molecular complexity index is 1660. The van der Waals surface area contributed by atoms with Gasteiger partial charge >= 0.3 is 0 Å². The fourth-order valence-electron chi connectivity index (χ4n) is 4.24. The van der Waals surface area contributed by atoms with Crippen LogP contribution in [0.2, 0.25) is 0 Å². The largest absolute Gasteiger partial charge is 0.507 e. The highest BCUT2D eigenvalue weighted by molar-refractivity contribution is 5.79. The van der Waals surface area contributed by atoms with Gasteiger partial charge in [0, 0.05) is 28.2 Å². The molecule has 190 valence electrons. The van der Waals surface area contributed by atoms with E-state index in [0.717, 1.165) is 33.8 Å². The fraction of sp³-hybridized carbons (Fsp3) is 0.0556. The molecule has 0 heterocycles. The molecule has 0 saturated heterocycles. The Morgan fingerprint density at radius 1 is 0.564 bits per heavy atom. The second-order valence-electron chi connectivity index (χ2n) is 9.48. The first-order valence-electron chi connectivity index (χ1n) is 12.8. The zero-order valence-electron chi connectivity index (χ0n) is 22.0. The van der Waals surface area contributed by atoms with Gasteiger partial charge in [-0.15, -0.1) is 0 Å². The van der Waals surface area contributed by atoms with E-state index in [1.54, 1.807) is 6.08 Å². The molecule has 0 aliphatic heterocycles. The van der Waals surface area contributed by atoms with Crippen LogP contribution in [-0.2, 0) is 0 Å². The van der Waals surface area contributed by atoms with Crippen LogP contribution in [0.3, 0.4) is 0 Å². The van der Waals surface area contributed by atoms with Crippen LogP contribution in [0.4, 0.5) is 17.1 Å². The topological polar surface area (TPSA) is 43.7 Å². The highest BCUT2D eigenvalue weighted by Crippen LogP contribution is 2.35. The van der Waals surface area contributed by atoms with Crippen molar-refractivity contribution >= 4 is 29.2 Å². The van der Waals surface area contributed by atoms with Gasteiger partial charge in [-0.3, -0.25) is 0 Å². The first kappa shape index (κ1) is 25.4. The number of benzene rings is 5. The quantitative estimate of drug-likeness (QED) is 0.142. The van der Waals surface area contributed by atoms with E-state index in [9.17, 15) is 10.2 Å². The molecule has 0 bridgehead atoms. The molecule has 3 heteroatoms. The second-order valence-corrected chi connectivity index (χ2v) is 9.48. The minimum atomic E-state index is 0.0269. The number of hydrogen-bond donors (Lipinski definition) is 2. The summed E-state index contributed by atoms with van der Waals surface area (Å²) in [7, 11) is 0. The van der Waals surface area contributed by atoms with Gasteiger partial charge in [-0.2, -0.15) is 0 Å². The highest BCUT2D eigenvalue weighted by atomic mass is 16.3. The first-order valence-corrected chi connectivity index (χ1v) is 12.8. The number of phenols is 2. The van der Waals surface area contributed by atoms with Gasteiger partial charge in [0.05, 0.1) is 5.56 Å². The molecule has 0 aromatic heterocycles. The summed E-state index contributed by atoms with van der Waals surface area (Å²) in [6.07, 6.45) is 3.70. The lowest BCUT2D eigenvalue weighted by Crippen LogP contribution is -2.09. The molecule has 0 unspecified atom stereocenters. The number of aryl methyl sites for hydroxylation is 2. The Morgan fingerprint density at radius 2 is 1.13 bits per heavy atom. The normalized spacial score (nSPS) is 10.7. The van der Waals surface area contributed by atoms with Crippen LogP contribution < -0.4 is 4.90 Å². The third kappa shape index (κ3) is 6.21. The van der Waals surface area contributed by atoms with E-state index in [4.69, 9.17) is 0 Å². The maximum Gasteiger partial charge on any atom is 0.132 e. The lowest BCUT2D eigenvalue weighted by Gasteiger charge is -2.25. The van der Waals surface area contributed by atoms with Crippen molar-refractivity contribution < 1.29 is 10.2 Å². The minimum absolute atomic E-state index is 0.0269. The predicted molar refractivity (Wildman–Crippen MR) is 162 cm³/mol. The van der Waals surface area contributed by atoms with Crippen molar-refractivity contribution in [2.24, 2.45) is 0 Å². The van der Waals surface area contributed by atoms with E-state index in [1.807, 2.05) is 67.6 Å². The van der Waals surface area contributed by atoms with E-state index in [-0.39, 0.29) is 11.5 Å². The van der Waals surface area contributed by atoms with E-state index < -0.39 is 0 Å². The lowest BCUT2D eigenvalue weighted by atomic mass is 10.1. The Hall–Kier alpha value is -5.20. The average molecular weight is 508 g/mol.